The first-order valence-corrected chi connectivity index (χ1v) is 20.6. The first kappa shape index (κ1) is 36.6. The van der Waals surface area contributed by atoms with E-state index in [1.54, 1.807) is 0 Å². The fraction of sp³-hybridized carbons (Fsp3) is 0.0351. The normalized spacial score (nSPS) is 12.2. The Balaban J connectivity index is 1.24. The van der Waals surface area contributed by atoms with Crippen LogP contribution in [0.2, 0.25) is 0 Å². The lowest BCUT2D eigenvalue weighted by atomic mass is 9.79. The van der Waals surface area contributed by atoms with E-state index in [4.69, 9.17) is 15.0 Å². The smallest absolute Gasteiger partial charge is 0.164 e. The van der Waals surface area contributed by atoms with Crippen LogP contribution in [0.1, 0.15) is 18.4 Å². The zero-order chi connectivity index (χ0) is 40.1. The summed E-state index contributed by atoms with van der Waals surface area (Å²) in [7, 11) is 0. The molecule has 284 valence electrons. The van der Waals surface area contributed by atoms with E-state index < -0.39 is 0 Å². The SMILES string of the molecule is C1=CC(c2ccccc2-c2nc(-c3ccccc3)nc(-c3cccc(-c4cc(-c5ccccc5)c(-c5ccccc5)c(-c5ccccc5)c4-c4ccccc4)c3)n2)=CCC1. The van der Waals surface area contributed by atoms with Gasteiger partial charge in [-0.2, -0.15) is 0 Å². The average molecular weight is 768 g/mol. The van der Waals surface area contributed by atoms with Crippen LogP contribution in [0, 0.1) is 0 Å². The van der Waals surface area contributed by atoms with E-state index in [-0.39, 0.29) is 0 Å². The molecule has 3 heteroatoms. The molecule has 0 atom stereocenters. The van der Waals surface area contributed by atoms with Crippen molar-refractivity contribution in [2.75, 3.05) is 0 Å². The number of hydrogen-bond donors (Lipinski definition) is 0. The van der Waals surface area contributed by atoms with E-state index in [1.807, 2.05) is 18.2 Å². The Morgan fingerprint density at radius 3 is 1.28 bits per heavy atom. The van der Waals surface area contributed by atoms with Crippen molar-refractivity contribution in [1.82, 2.24) is 15.0 Å². The molecule has 8 aromatic carbocycles. The Morgan fingerprint density at radius 2 is 0.717 bits per heavy atom. The van der Waals surface area contributed by atoms with Crippen molar-refractivity contribution in [2.24, 2.45) is 0 Å². The molecule has 10 rings (SSSR count). The molecule has 1 aromatic heterocycles. The Hall–Kier alpha value is -7.75. The molecule has 1 heterocycles. The van der Waals surface area contributed by atoms with Crippen LogP contribution < -0.4 is 0 Å². The molecule has 0 amide bonds. The molecule has 1 aliphatic carbocycles. The zero-order valence-corrected chi connectivity index (χ0v) is 33.1. The largest absolute Gasteiger partial charge is 0.208 e. The van der Waals surface area contributed by atoms with E-state index in [0.29, 0.717) is 17.5 Å². The molecule has 0 spiro atoms. The summed E-state index contributed by atoms with van der Waals surface area (Å²) in [6.07, 6.45) is 8.83. The molecular weight excluding hydrogens is 727 g/mol. The molecule has 0 radical (unpaired) electrons. The molecule has 1 aliphatic rings. The van der Waals surface area contributed by atoms with Crippen LogP contribution in [0.4, 0.5) is 0 Å². The van der Waals surface area contributed by atoms with Crippen molar-refractivity contribution in [3.8, 4) is 89.8 Å². The molecule has 0 unspecified atom stereocenters. The predicted molar refractivity (Wildman–Crippen MR) is 250 cm³/mol. The van der Waals surface area contributed by atoms with Gasteiger partial charge in [0.1, 0.15) is 0 Å². The third-order valence-electron chi connectivity index (χ3n) is 11.2. The maximum absolute atomic E-state index is 5.28. The van der Waals surface area contributed by atoms with Gasteiger partial charge in [0.2, 0.25) is 0 Å². The van der Waals surface area contributed by atoms with Crippen LogP contribution >= 0.6 is 0 Å². The molecule has 0 bridgehead atoms. The van der Waals surface area contributed by atoms with Gasteiger partial charge in [0.15, 0.2) is 17.5 Å². The molecule has 0 saturated heterocycles. The summed E-state index contributed by atoms with van der Waals surface area (Å²) in [6.45, 7) is 0. The second-order valence-electron chi connectivity index (χ2n) is 15.0. The number of aromatic nitrogens is 3. The van der Waals surface area contributed by atoms with Gasteiger partial charge >= 0.3 is 0 Å². The minimum atomic E-state index is 0.623. The molecule has 0 aliphatic heterocycles. The standard InChI is InChI=1S/C57H41N3/c1-7-22-40(23-8-1)48-36-19-20-37-49(48)57-59-55(45-32-17-6-18-33-45)58-56(60-57)47-35-21-34-46(38-47)51-39-50(41-24-9-2-10-25-41)52(42-26-11-3-12-27-42)54(44-30-15-5-16-31-44)53(51)43-28-13-4-14-29-43/h2-7,9-39H,1,8H2. The van der Waals surface area contributed by atoms with Gasteiger partial charge in [-0.15, -0.1) is 0 Å². The quantitative estimate of drug-likeness (QED) is 0.147. The summed E-state index contributed by atoms with van der Waals surface area (Å²) in [4.78, 5) is 15.6. The molecule has 0 N–H and O–H groups in total. The van der Waals surface area contributed by atoms with Gasteiger partial charge in [-0.25, -0.2) is 15.0 Å². The second-order valence-corrected chi connectivity index (χ2v) is 15.0. The average Bonchev–Trinajstić information content (AvgIpc) is 3.35. The first-order valence-electron chi connectivity index (χ1n) is 20.6. The lowest BCUT2D eigenvalue weighted by molar-refractivity contribution is 1.04. The number of nitrogens with zero attached hydrogens (tertiary/aromatic N) is 3. The van der Waals surface area contributed by atoms with Crippen LogP contribution in [0.15, 0.2) is 224 Å². The molecule has 0 fully saturated rings. The van der Waals surface area contributed by atoms with Crippen molar-refractivity contribution >= 4 is 5.57 Å². The third kappa shape index (κ3) is 7.30. The minimum Gasteiger partial charge on any atom is -0.208 e. The van der Waals surface area contributed by atoms with Crippen LogP contribution in [-0.2, 0) is 0 Å². The highest BCUT2D eigenvalue weighted by atomic mass is 15.0. The summed E-state index contributed by atoms with van der Waals surface area (Å²) >= 11 is 0. The lowest BCUT2D eigenvalue weighted by Gasteiger charge is -2.24. The maximum Gasteiger partial charge on any atom is 0.164 e. The van der Waals surface area contributed by atoms with Crippen molar-refractivity contribution in [3.05, 3.63) is 230 Å². The van der Waals surface area contributed by atoms with Crippen LogP contribution in [0.5, 0.6) is 0 Å². The number of benzene rings is 8. The van der Waals surface area contributed by atoms with Crippen molar-refractivity contribution in [3.63, 3.8) is 0 Å². The molecule has 3 nitrogen and oxygen atoms in total. The Morgan fingerprint density at radius 1 is 0.283 bits per heavy atom. The van der Waals surface area contributed by atoms with Crippen LogP contribution in [0.3, 0.4) is 0 Å². The van der Waals surface area contributed by atoms with Crippen molar-refractivity contribution in [2.45, 2.75) is 12.8 Å². The van der Waals surface area contributed by atoms with E-state index in [0.717, 1.165) is 68.5 Å². The van der Waals surface area contributed by atoms with E-state index in [9.17, 15) is 0 Å². The van der Waals surface area contributed by atoms with Crippen molar-refractivity contribution < 1.29 is 0 Å². The monoisotopic (exact) mass is 767 g/mol. The second kappa shape index (κ2) is 16.6. The number of allylic oxidation sites excluding steroid dienone is 4. The summed E-state index contributed by atoms with van der Waals surface area (Å²) in [5.41, 5.74) is 16.7. The fourth-order valence-corrected chi connectivity index (χ4v) is 8.37. The van der Waals surface area contributed by atoms with Crippen molar-refractivity contribution in [1.29, 1.82) is 0 Å². The Kier molecular flexibility index (Phi) is 10.1. The van der Waals surface area contributed by atoms with Gasteiger partial charge in [-0.05, 0) is 91.7 Å². The van der Waals surface area contributed by atoms with Gasteiger partial charge in [-0.3, -0.25) is 0 Å². The van der Waals surface area contributed by atoms with Crippen LogP contribution in [0.25, 0.3) is 95.4 Å². The minimum absolute atomic E-state index is 0.623. The summed E-state index contributed by atoms with van der Waals surface area (Å²) in [6, 6.07) is 73.0. The van der Waals surface area contributed by atoms with Gasteiger partial charge in [0.05, 0.1) is 0 Å². The number of hydrogen-bond acceptors (Lipinski definition) is 3. The zero-order valence-electron chi connectivity index (χ0n) is 33.1. The van der Waals surface area contributed by atoms with E-state index >= 15 is 0 Å². The highest BCUT2D eigenvalue weighted by Gasteiger charge is 2.24. The van der Waals surface area contributed by atoms with Crippen LogP contribution in [-0.4, -0.2) is 15.0 Å². The number of rotatable bonds is 9. The Labute approximate surface area is 351 Å². The summed E-state index contributed by atoms with van der Waals surface area (Å²) < 4.78 is 0. The molecular formula is C57H41N3. The summed E-state index contributed by atoms with van der Waals surface area (Å²) in [5.74, 6) is 1.91. The topological polar surface area (TPSA) is 38.7 Å². The third-order valence-corrected chi connectivity index (χ3v) is 11.2. The maximum atomic E-state index is 5.28. The Bertz CT molecular complexity index is 2990. The molecule has 60 heavy (non-hydrogen) atoms. The fourth-order valence-electron chi connectivity index (χ4n) is 8.37. The van der Waals surface area contributed by atoms with Gasteiger partial charge in [-0.1, -0.05) is 212 Å². The molecule has 9 aromatic rings. The van der Waals surface area contributed by atoms with Gasteiger partial charge < -0.3 is 0 Å². The van der Waals surface area contributed by atoms with E-state index in [1.165, 1.54) is 27.8 Å². The first-order chi connectivity index (χ1) is 29.8. The van der Waals surface area contributed by atoms with E-state index in [2.05, 4.69) is 206 Å². The molecule has 0 saturated carbocycles. The highest BCUT2D eigenvalue weighted by molar-refractivity contribution is 6.07. The predicted octanol–water partition coefficient (Wildman–Crippen LogP) is 14.9. The van der Waals surface area contributed by atoms with Gasteiger partial charge in [0, 0.05) is 16.7 Å². The lowest BCUT2D eigenvalue weighted by Crippen LogP contribution is -2.02. The summed E-state index contributed by atoms with van der Waals surface area (Å²) in [5, 5.41) is 0. The van der Waals surface area contributed by atoms with Gasteiger partial charge in [0.25, 0.3) is 0 Å². The highest BCUT2D eigenvalue weighted by Crippen LogP contribution is 2.50.